The van der Waals surface area contributed by atoms with Gasteiger partial charge in [-0.15, -0.1) is 0 Å². The van der Waals surface area contributed by atoms with Crippen molar-refractivity contribution in [2.75, 3.05) is 7.05 Å². The molecule has 0 amide bonds. The van der Waals surface area contributed by atoms with Crippen molar-refractivity contribution in [2.45, 2.75) is 82.1 Å². The molecule has 0 atom stereocenters. The molecule has 0 aromatic heterocycles. The van der Waals surface area contributed by atoms with Crippen molar-refractivity contribution in [1.82, 2.24) is 0 Å². The summed E-state index contributed by atoms with van der Waals surface area (Å²) < 4.78 is 0. The monoisotopic (exact) mass is 269 g/mol. The van der Waals surface area contributed by atoms with Crippen molar-refractivity contribution < 1.29 is 0 Å². The zero-order valence-electron chi connectivity index (χ0n) is 15.5. The zero-order valence-corrected chi connectivity index (χ0v) is 15.5. The van der Waals surface area contributed by atoms with Crippen LogP contribution < -0.4 is 0 Å². The summed E-state index contributed by atoms with van der Waals surface area (Å²) in [7, 11) is 1.88. The van der Waals surface area contributed by atoms with Gasteiger partial charge in [-0.05, 0) is 24.8 Å². The van der Waals surface area contributed by atoms with Crippen molar-refractivity contribution >= 4 is 5.71 Å². The second-order valence-corrected chi connectivity index (χ2v) is 5.69. The lowest BCUT2D eigenvalue weighted by Gasteiger charge is -2.34. The van der Waals surface area contributed by atoms with Crippen molar-refractivity contribution in [2.24, 2.45) is 15.8 Å². The Bertz CT molecular complexity index is 244. The number of aliphatic imine (C=N–C) groups is 1. The molecule has 0 spiro atoms. The van der Waals surface area contributed by atoms with Crippen LogP contribution in [0.15, 0.2) is 17.1 Å². The number of nitrogens with zero attached hydrogens (tertiary/aromatic N) is 1. The van der Waals surface area contributed by atoms with Crippen molar-refractivity contribution in [3.8, 4) is 0 Å². The second-order valence-electron chi connectivity index (χ2n) is 5.69. The molecule has 0 radical (unpaired) electrons. The minimum absolute atomic E-state index is 0.167. The van der Waals surface area contributed by atoms with Gasteiger partial charge in [0.2, 0.25) is 0 Å². The molecular weight excluding hydrogens is 230 g/mol. The molecule has 0 aromatic carbocycles. The topological polar surface area (TPSA) is 12.4 Å². The second kappa shape index (κ2) is 12.4. The lowest BCUT2D eigenvalue weighted by molar-refractivity contribution is 0.244. The molecule has 1 heteroatoms. The van der Waals surface area contributed by atoms with Gasteiger partial charge in [0.25, 0.3) is 0 Å². The van der Waals surface area contributed by atoms with E-state index in [1.807, 2.05) is 41.7 Å². The average Bonchev–Trinajstić information content (AvgIpc) is 2.39. The molecule has 0 rings (SSSR count). The Morgan fingerprint density at radius 2 is 1.42 bits per heavy atom. The van der Waals surface area contributed by atoms with Gasteiger partial charge in [0, 0.05) is 18.2 Å². The van der Waals surface area contributed by atoms with Crippen LogP contribution in [-0.4, -0.2) is 12.8 Å². The van der Waals surface area contributed by atoms with Crippen molar-refractivity contribution in [1.29, 1.82) is 0 Å². The van der Waals surface area contributed by atoms with Gasteiger partial charge >= 0.3 is 0 Å². The smallest absolute Gasteiger partial charge is 0.0397 e. The fourth-order valence-electron chi connectivity index (χ4n) is 2.17. The van der Waals surface area contributed by atoms with E-state index in [1.54, 1.807) is 0 Å². The van der Waals surface area contributed by atoms with Gasteiger partial charge in [0.15, 0.2) is 0 Å². The van der Waals surface area contributed by atoms with Gasteiger partial charge in [-0.2, -0.15) is 0 Å². The highest BCUT2D eigenvalue weighted by Crippen LogP contribution is 2.37. The lowest BCUT2D eigenvalue weighted by atomic mass is 9.71. The van der Waals surface area contributed by atoms with Crippen LogP contribution in [0.5, 0.6) is 0 Å². The summed E-state index contributed by atoms with van der Waals surface area (Å²) in [5, 5.41) is 0. The largest absolute Gasteiger partial charge is 0.293 e. The SMILES string of the molecule is C/C=C\C(=NC)C(C)(C)CC(C)(C)CC.CC.CC. The fraction of sp³-hybridized carbons (Fsp3) is 0.833. The molecule has 1 nitrogen and oxygen atoms in total. The van der Waals surface area contributed by atoms with Crippen molar-refractivity contribution in [3.05, 3.63) is 12.2 Å². The fourth-order valence-corrected chi connectivity index (χ4v) is 2.17. The Balaban J connectivity index is -0.000000579. The first-order valence-corrected chi connectivity index (χ1v) is 7.89. The van der Waals surface area contributed by atoms with E-state index in [9.17, 15) is 0 Å². The van der Waals surface area contributed by atoms with Gasteiger partial charge in [-0.1, -0.05) is 74.8 Å². The highest BCUT2D eigenvalue weighted by atomic mass is 14.7. The summed E-state index contributed by atoms with van der Waals surface area (Å²) in [5.41, 5.74) is 1.76. The number of rotatable bonds is 5. The van der Waals surface area contributed by atoms with E-state index in [1.165, 1.54) is 18.6 Å². The van der Waals surface area contributed by atoms with E-state index in [0.717, 1.165) is 0 Å². The van der Waals surface area contributed by atoms with Gasteiger partial charge < -0.3 is 0 Å². The van der Waals surface area contributed by atoms with Gasteiger partial charge in [0.05, 0.1) is 0 Å². The van der Waals surface area contributed by atoms with E-state index in [-0.39, 0.29) is 5.41 Å². The summed E-state index contributed by atoms with van der Waals surface area (Å²) in [5.74, 6) is 0. The first-order valence-electron chi connectivity index (χ1n) is 7.89. The third-order valence-electron chi connectivity index (χ3n) is 3.14. The molecule has 0 aliphatic heterocycles. The average molecular weight is 270 g/mol. The third-order valence-corrected chi connectivity index (χ3v) is 3.14. The Morgan fingerprint density at radius 1 is 1.00 bits per heavy atom. The first kappa shape index (κ1) is 23.5. The number of hydrogen-bond acceptors (Lipinski definition) is 1. The molecule has 19 heavy (non-hydrogen) atoms. The predicted molar refractivity (Wildman–Crippen MR) is 93.3 cm³/mol. The van der Waals surface area contributed by atoms with Gasteiger partial charge in [-0.25, -0.2) is 0 Å². The zero-order chi connectivity index (χ0) is 16.1. The Morgan fingerprint density at radius 3 is 1.68 bits per heavy atom. The van der Waals surface area contributed by atoms with Crippen LogP contribution >= 0.6 is 0 Å². The molecule has 0 bridgehead atoms. The van der Waals surface area contributed by atoms with E-state index < -0.39 is 0 Å². The summed E-state index contributed by atoms with van der Waals surface area (Å²) in [6, 6.07) is 0. The molecule has 116 valence electrons. The van der Waals surface area contributed by atoms with Gasteiger partial charge in [0.1, 0.15) is 0 Å². The molecule has 0 aromatic rings. The maximum atomic E-state index is 4.40. The highest BCUT2D eigenvalue weighted by molar-refractivity contribution is 5.99. The van der Waals surface area contributed by atoms with Crippen LogP contribution in [0.3, 0.4) is 0 Å². The molecule has 0 aliphatic carbocycles. The standard InChI is InChI=1S/C14H27N.2C2H6/c1-8-10-12(15-7)14(5,6)11-13(3,4)9-2;2*1-2/h8,10H,9,11H2,1-7H3;2*1-2H3/b10-8-,15-12?;;. The lowest BCUT2D eigenvalue weighted by Crippen LogP contribution is -2.29. The molecule has 0 aliphatic rings. The summed E-state index contributed by atoms with van der Waals surface area (Å²) in [4.78, 5) is 4.40. The van der Waals surface area contributed by atoms with Crippen LogP contribution in [-0.2, 0) is 0 Å². The van der Waals surface area contributed by atoms with E-state index >= 15 is 0 Å². The minimum atomic E-state index is 0.167. The van der Waals surface area contributed by atoms with Crippen LogP contribution in [0, 0.1) is 10.8 Å². The summed E-state index contributed by atoms with van der Waals surface area (Å²) >= 11 is 0. The van der Waals surface area contributed by atoms with E-state index in [2.05, 4.69) is 51.8 Å². The third kappa shape index (κ3) is 11.0. The molecule has 0 saturated carbocycles. The molecular formula is C18H39N. The Hall–Kier alpha value is -0.590. The van der Waals surface area contributed by atoms with Crippen LogP contribution in [0.25, 0.3) is 0 Å². The maximum absolute atomic E-state index is 4.40. The molecule has 0 saturated heterocycles. The minimum Gasteiger partial charge on any atom is -0.293 e. The molecule has 0 heterocycles. The first-order chi connectivity index (χ1) is 8.79. The number of allylic oxidation sites excluding steroid dienone is 2. The van der Waals surface area contributed by atoms with E-state index in [0.29, 0.717) is 5.41 Å². The normalized spacial score (nSPS) is 12.5. The predicted octanol–water partition coefficient (Wildman–Crippen LogP) is 6.54. The van der Waals surface area contributed by atoms with Crippen LogP contribution in [0.1, 0.15) is 82.1 Å². The van der Waals surface area contributed by atoms with E-state index in [4.69, 9.17) is 0 Å². The molecule has 0 fully saturated rings. The summed E-state index contributed by atoms with van der Waals surface area (Å²) in [6.45, 7) is 21.5. The van der Waals surface area contributed by atoms with Crippen molar-refractivity contribution in [3.63, 3.8) is 0 Å². The maximum Gasteiger partial charge on any atom is 0.0397 e. The molecule has 0 N–H and O–H groups in total. The summed E-state index contributed by atoms with van der Waals surface area (Å²) in [6.07, 6.45) is 6.59. The van der Waals surface area contributed by atoms with Gasteiger partial charge in [-0.3, -0.25) is 4.99 Å². The number of hydrogen-bond donors (Lipinski definition) is 0. The Labute approximate surface area is 123 Å². The Kier molecular flexibility index (Phi) is 15.4. The molecule has 0 unspecified atom stereocenters. The van der Waals surface area contributed by atoms with Crippen LogP contribution in [0.4, 0.5) is 0 Å². The highest BCUT2D eigenvalue weighted by Gasteiger charge is 2.30. The quantitative estimate of drug-likeness (QED) is 0.503. The van der Waals surface area contributed by atoms with Crippen LogP contribution in [0.2, 0.25) is 0 Å².